The standard InChI is InChI=1S/C16H20BrN3O/c1-11-2-5-16(21,6-3-11)10-20-13-4-7-18-14-8-12(17)9-19-15(13)14/h4,7-9,11,21H,2-3,5-6,10H2,1H3,(H,18,20). The van der Waals surface area contributed by atoms with Crippen LogP contribution in [0.3, 0.4) is 0 Å². The molecule has 0 aromatic carbocycles. The molecule has 5 heteroatoms. The van der Waals surface area contributed by atoms with Gasteiger partial charge in [0, 0.05) is 23.4 Å². The van der Waals surface area contributed by atoms with E-state index in [1.54, 1.807) is 12.4 Å². The minimum Gasteiger partial charge on any atom is -0.388 e. The van der Waals surface area contributed by atoms with Crippen LogP contribution in [0.5, 0.6) is 0 Å². The average Bonchev–Trinajstić information content (AvgIpc) is 2.48. The van der Waals surface area contributed by atoms with Gasteiger partial charge in [0.2, 0.25) is 0 Å². The largest absolute Gasteiger partial charge is 0.388 e. The Hall–Kier alpha value is -1.20. The van der Waals surface area contributed by atoms with Crippen LogP contribution in [0, 0.1) is 5.92 Å². The lowest BCUT2D eigenvalue weighted by molar-refractivity contribution is 0.00503. The first kappa shape index (κ1) is 14.7. The smallest absolute Gasteiger partial charge is 0.112 e. The number of anilines is 1. The lowest BCUT2D eigenvalue weighted by Crippen LogP contribution is -2.40. The van der Waals surface area contributed by atoms with Crippen molar-refractivity contribution in [2.24, 2.45) is 5.92 Å². The number of hydrogen-bond acceptors (Lipinski definition) is 4. The molecule has 2 aromatic heterocycles. The molecule has 112 valence electrons. The molecule has 0 amide bonds. The highest BCUT2D eigenvalue weighted by Crippen LogP contribution is 2.32. The predicted molar refractivity (Wildman–Crippen MR) is 88.3 cm³/mol. The molecule has 1 saturated carbocycles. The van der Waals surface area contributed by atoms with Gasteiger partial charge in [-0.3, -0.25) is 9.97 Å². The van der Waals surface area contributed by atoms with Crippen LogP contribution >= 0.6 is 15.9 Å². The molecular formula is C16H20BrN3O. The molecule has 2 heterocycles. The summed E-state index contributed by atoms with van der Waals surface area (Å²) >= 11 is 3.41. The molecule has 1 aliphatic rings. The lowest BCUT2D eigenvalue weighted by Gasteiger charge is -2.35. The van der Waals surface area contributed by atoms with E-state index in [4.69, 9.17) is 0 Å². The Balaban J connectivity index is 1.76. The first-order valence-corrected chi connectivity index (χ1v) is 8.22. The zero-order valence-electron chi connectivity index (χ0n) is 12.1. The highest BCUT2D eigenvalue weighted by Gasteiger charge is 2.31. The average molecular weight is 350 g/mol. The third kappa shape index (κ3) is 3.35. The fraction of sp³-hybridized carbons (Fsp3) is 0.500. The summed E-state index contributed by atoms with van der Waals surface area (Å²) in [4.78, 5) is 8.76. The van der Waals surface area contributed by atoms with Gasteiger partial charge in [0.1, 0.15) is 5.52 Å². The predicted octanol–water partition coefficient (Wildman–Crippen LogP) is 3.75. The van der Waals surface area contributed by atoms with Crippen molar-refractivity contribution in [3.8, 4) is 0 Å². The van der Waals surface area contributed by atoms with Crippen LogP contribution in [0.1, 0.15) is 32.6 Å². The Kier molecular flexibility index (Phi) is 4.13. The molecule has 0 spiro atoms. The monoisotopic (exact) mass is 349 g/mol. The number of pyridine rings is 2. The van der Waals surface area contributed by atoms with Gasteiger partial charge >= 0.3 is 0 Å². The molecule has 4 nitrogen and oxygen atoms in total. The Labute approximate surface area is 133 Å². The lowest BCUT2D eigenvalue weighted by atomic mass is 9.79. The van der Waals surface area contributed by atoms with E-state index in [0.717, 1.165) is 52.8 Å². The van der Waals surface area contributed by atoms with Gasteiger partial charge in [-0.25, -0.2) is 0 Å². The Bertz CT molecular complexity index is 638. The SMILES string of the molecule is CC1CCC(O)(CNc2ccnc3cc(Br)cnc23)CC1. The van der Waals surface area contributed by atoms with Crippen molar-refractivity contribution in [2.45, 2.75) is 38.2 Å². The van der Waals surface area contributed by atoms with Crippen LogP contribution in [0.25, 0.3) is 11.0 Å². The van der Waals surface area contributed by atoms with E-state index >= 15 is 0 Å². The van der Waals surface area contributed by atoms with Gasteiger partial charge in [-0.1, -0.05) is 6.92 Å². The molecule has 3 rings (SSSR count). The topological polar surface area (TPSA) is 58.0 Å². The second-order valence-electron chi connectivity index (χ2n) is 6.14. The maximum Gasteiger partial charge on any atom is 0.112 e. The van der Waals surface area contributed by atoms with Gasteiger partial charge < -0.3 is 10.4 Å². The number of nitrogens with zero attached hydrogens (tertiary/aromatic N) is 2. The van der Waals surface area contributed by atoms with E-state index in [1.165, 1.54) is 0 Å². The van der Waals surface area contributed by atoms with Crippen LogP contribution < -0.4 is 5.32 Å². The highest BCUT2D eigenvalue weighted by atomic mass is 79.9. The van der Waals surface area contributed by atoms with Gasteiger partial charge in [-0.15, -0.1) is 0 Å². The van der Waals surface area contributed by atoms with E-state index in [2.05, 4.69) is 38.1 Å². The first-order chi connectivity index (χ1) is 10.1. The van der Waals surface area contributed by atoms with Crippen LogP contribution in [0.4, 0.5) is 5.69 Å². The second kappa shape index (κ2) is 5.89. The van der Waals surface area contributed by atoms with Crippen LogP contribution in [-0.2, 0) is 0 Å². The van der Waals surface area contributed by atoms with Crippen molar-refractivity contribution in [3.05, 3.63) is 29.0 Å². The van der Waals surface area contributed by atoms with E-state index in [0.29, 0.717) is 6.54 Å². The van der Waals surface area contributed by atoms with Crippen molar-refractivity contribution < 1.29 is 5.11 Å². The van der Waals surface area contributed by atoms with E-state index < -0.39 is 5.60 Å². The summed E-state index contributed by atoms with van der Waals surface area (Å²) in [5.74, 6) is 0.728. The number of halogens is 1. The van der Waals surface area contributed by atoms with Crippen molar-refractivity contribution in [3.63, 3.8) is 0 Å². The third-order valence-electron chi connectivity index (χ3n) is 4.36. The first-order valence-electron chi connectivity index (χ1n) is 7.42. The summed E-state index contributed by atoms with van der Waals surface area (Å²) in [6.45, 7) is 2.82. The van der Waals surface area contributed by atoms with Gasteiger partial charge in [0.05, 0.1) is 16.8 Å². The number of rotatable bonds is 3. The summed E-state index contributed by atoms with van der Waals surface area (Å²) in [5.41, 5.74) is 2.02. The van der Waals surface area contributed by atoms with Crippen molar-refractivity contribution in [1.82, 2.24) is 9.97 Å². The molecule has 0 atom stereocenters. The summed E-state index contributed by atoms with van der Waals surface area (Å²) < 4.78 is 0.916. The Morgan fingerprint density at radius 2 is 2.14 bits per heavy atom. The van der Waals surface area contributed by atoms with Gasteiger partial charge in [-0.2, -0.15) is 0 Å². The number of nitrogens with one attached hydrogen (secondary N) is 1. The normalized spacial score (nSPS) is 26.0. The van der Waals surface area contributed by atoms with Crippen molar-refractivity contribution >= 4 is 32.7 Å². The summed E-state index contributed by atoms with van der Waals surface area (Å²) in [6, 6.07) is 3.86. The molecule has 0 aliphatic heterocycles. The Morgan fingerprint density at radius 1 is 1.38 bits per heavy atom. The second-order valence-corrected chi connectivity index (χ2v) is 7.06. The van der Waals surface area contributed by atoms with Crippen molar-refractivity contribution in [2.75, 3.05) is 11.9 Å². The fourth-order valence-electron chi connectivity index (χ4n) is 2.88. The molecule has 0 bridgehead atoms. The molecule has 1 aliphatic carbocycles. The van der Waals surface area contributed by atoms with Crippen LogP contribution in [-0.4, -0.2) is 27.2 Å². The van der Waals surface area contributed by atoms with Gasteiger partial charge in [0.25, 0.3) is 0 Å². The molecule has 2 aromatic rings. The van der Waals surface area contributed by atoms with Crippen LogP contribution in [0.15, 0.2) is 29.0 Å². The maximum absolute atomic E-state index is 10.7. The molecule has 21 heavy (non-hydrogen) atoms. The minimum absolute atomic E-state index is 0.566. The highest BCUT2D eigenvalue weighted by molar-refractivity contribution is 9.10. The number of aliphatic hydroxyl groups is 1. The maximum atomic E-state index is 10.7. The molecule has 1 fully saturated rings. The quantitative estimate of drug-likeness (QED) is 0.885. The van der Waals surface area contributed by atoms with Gasteiger partial charge in [0.15, 0.2) is 0 Å². The molecule has 0 saturated heterocycles. The van der Waals surface area contributed by atoms with E-state index in [9.17, 15) is 5.11 Å². The molecule has 2 N–H and O–H groups in total. The summed E-state index contributed by atoms with van der Waals surface area (Å²) in [6.07, 6.45) is 7.46. The Morgan fingerprint density at radius 3 is 2.90 bits per heavy atom. The summed E-state index contributed by atoms with van der Waals surface area (Å²) in [7, 11) is 0. The number of aromatic nitrogens is 2. The molecule has 0 unspecified atom stereocenters. The number of hydrogen-bond donors (Lipinski definition) is 2. The zero-order valence-corrected chi connectivity index (χ0v) is 13.7. The fourth-order valence-corrected chi connectivity index (χ4v) is 3.20. The molecule has 0 radical (unpaired) electrons. The zero-order chi connectivity index (χ0) is 14.9. The van der Waals surface area contributed by atoms with Crippen molar-refractivity contribution in [1.29, 1.82) is 0 Å². The van der Waals surface area contributed by atoms with Gasteiger partial charge in [-0.05, 0) is 59.7 Å². The van der Waals surface area contributed by atoms with E-state index in [1.807, 2.05) is 12.1 Å². The third-order valence-corrected chi connectivity index (χ3v) is 4.79. The van der Waals surface area contributed by atoms with E-state index in [-0.39, 0.29) is 0 Å². The van der Waals surface area contributed by atoms with Crippen LogP contribution in [0.2, 0.25) is 0 Å². The molecular weight excluding hydrogens is 330 g/mol. The summed E-state index contributed by atoms with van der Waals surface area (Å²) in [5, 5.41) is 14.0. The minimum atomic E-state index is -0.600. The number of fused-ring (bicyclic) bond motifs is 1.